The van der Waals surface area contributed by atoms with E-state index in [-0.39, 0.29) is 6.61 Å². The van der Waals surface area contributed by atoms with E-state index in [2.05, 4.69) is 22.2 Å². The summed E-state index contributed by atoms with van der Waals surface area (Å²) >= 11 is 1.47. The molecule has 6 heteroatoms. The summed E-state index contributed by atoms with van der Waals surface area (Å²) in [6, 6.07) is 0. The van der Waals surface area contributed by atoms with Crippen LogP contribution in [-0.4, -0.2) is 34.4 Å². The molecule has 0 radical (unpaired) electrons. The predicted molar refractivity (Wildman–Crippen MR) is 77.8 cm³/mol. The standard InChI is InChI=1S/C10H18N4OS.C2H6/c1-7(3-11)4-12-9-8(6-15)5-13-10(14-9)16-2;1-2/h5,7,15H,3-4,6,11H2,1-2H3,(H,12,13,14);1-2H3. The molecule has 0 bridgehead atoms. The smallest absolute Gasteiger partial charge is 0.189 e. The Kier molecular flexibility index (Phi) is 9.63. The second-order valence-electron chi connectivity index (χ2n) is 3.61. The molecular weight excluding hydrogens is 248 g/mol. The zero-order valence-electron chi connectivity index (χ0n) is 11.6. The summed E-state index contributed by atoms with van der Waals surface area (Å²) < 4.78 is 0. The van der Waals surface area contributed by atoms with Crippen LogP contribution < -0.4 is 11.1 Å². The van der Waals surface area contributed by atoms with Gasteiger partial charge in [-0.2, -0.15) is 0 Å². The van der Waals surface area contributed by atoms with Gasteiger partial charge in [-0.3, -0.25) is 0 Å². The van der Waals surface area contributed by atoms with E-state index in [0.717, 1.165) is 6.54 Å². The van der Waals surface area contributed by atoms with E-state index >= 15 is 0 Å². The third kappa shape index (κ3) is 5.66. The molecule has 1 heterocycles. The van der Waals surface area contributed by atoms with Crippen molar-refractivity contribution in [3.8, 4) is 0 Å². The number of rotatable bonds is 6. The summed E-state index contributed by atoms with van der Waals surface area (Å²) in [7, 11) is 0. The molecule has 104 valence electrons. The minimum absolute atomic E-state index is 0.0615. The first-order valence-electron chi connectivity index (χ1n) is 6.16. The Balaban J connectivity index is 0.00000137. The molecule has 0 saturated carbocycles. The second kappa shape index (κ2) is 10.1. The van der Waals surface area contributed by atoms with Crippen molar-refractivity contribution in [1.29, 1.82) is 0 Å². The maximum absolute atomic E-state index is 9.15. The number of aromatic nitrogens is 2. The Morgan fingerprint density at radius 3 is 2.67 bits per heavy atom. The van der Waals surface area contributed by atoms with Gasteiger partial charge < -0.3 is 16.2 Å². The molecule has 0 aliphatic carbocycles. The van der Waals surface area contributed by atoms with Crippen molar-refractivity contribution < 1.29 is 5.11 Å². The van der Waals surface area contributed by atoms with Gasteiger partial charge >= 0.3 is 0 Å². The van der Waals surface area contributed by atoms with Crippen molar-refractivity contribution in [3.05, 3.63) is 11.8 Å². The van der Waals surface area contributed by atoms with Crippen LogP contribution in [0.5, 0.6) is 0 Å². The molecule has 0 aliphatic heterocycles. The maximum Gasteiger partial charge on any atom is 0.189 e. The Bertz CT molecular complexity index is 336. The molecule has 0 fully saturated rings. The molecule has 1 atom stereocenters. The fourth-order valence-electron chi connectivity index (χ4n) is 1.11. The molecule has 4 N–H and O–H groups in total. The molecule has 1 aromatic heterocycles. The summed E-state index contributed by atoms with van der Waals surface area (Å²) in [4.78, 5) is 8.41. The third-order valence-electron chi connectivity index (χ3n) is 2.22. The van der Waals surface area contributed by atoms with Crippen LogP contribution in [0.15, 0.2) is 11.4 Å². The first-order chi connectivity index (χ1) is 8.71. The molecule has 0 spiro atoms. The highest BCUT2D eigenvalue weighted by atomic mass is 32.2. The minimum atomic E-state index is -0.0615. The number of hydrogen-bond donors (Lipinski definition) is 3. The lowest BCUT2D eigenvalue weighted by atomic mass is 10.2. The van der Waals surface area contributed by atoms with E-state index < -0.39 is 0 Å². The van der Waals surface area contributed by atoms with Crippen molar-refractivity contribution in [3.63, 3.8) is 0 Å². The van der Waals surface area contributed by atoms with Crippen molar-refractivity contribution in [2.24, 2.45) is 11.7 Å². The molecular formula is C12H24N4OS. The number of anilines is 1. The van der Waals surface area contributed by atoms with E-state index in [1.54, 1.807) is 6.20 Å². The zero-order valence-corrected chi connectivity index (χ0v) is 12.4. The molecule has 0 aromatic carbocycles. The topological polar surface area (TPSA) is 84.1 Å². The van der Waals surface area contributed by atoms with Crippen LogP contribution in [0, 0.1) is 5.92 Å². The number of aliphatic hydroxyl groups is 1. The highest BCUT2D eigenvalue weighted by Crippen LogP contribution is 2.16. The Morgan fingerprint density at radius 1 is 1.50 bits per heavy atom. The van der Waals surface area contributed by atoms with Crippen molar-refractivity contribution in [2.75, 3.05) is 24.7 Å². The lowest BCUT2D eigenvalue weighted by molar-refractivity contribution is 0.281. The number of aliphatic hydroxyl groups excluding tert-OH is 1. The highest BCUT2D eigenvalue weighted by molar-refractivity contribution is 7.98. The largest absolute Gasteiger partial charge is 0.391 e. The predicted octanol–water partition coefficient (Wildman–Crippen LogP) is 1.72. The Labute approximate surface area is 114 Å². The van der Waals surface area contributed by atoms with Gasteiger partial charge in [0.1, 0.15) is 5.82 Å². The van der Waals surface area contributed by atoms with Crippen LogP contribution in [0.25, 0.3) is 0 Å². The summed E-state index contributed by atoms with van der Waals surface area (Å²) in [6.07, 6.45) is 3.56. The fraction of sp³-hybridized carbons (Fsp3) is 0.667. The van der Waals surface area contributed by atoms with Crippen molar-refractivity contribution >= 4 is 17.6 Å². The van der Waals surface area contributed by atoms with Gasteiger partial charge in [0.15, 0.2) is 5.16 Å². The third-order valence-corrected chi connectivity index (χ3v) is 2.78. The zero-order chi connectivity index (χ0) is 14.0. The average molecular weight is 272 g/mol. The summed E-state index contributed by atoms with van der Waals surface area (Å²) in [5, 5.41) is 13.0. The first kappa shape index (κ1) is 17.2. The summed E-state index contributed by atoms with van der Waals surface area (Å²) in [6.45, 7) is 7.37. The van der Waals surface area contributed by atoms with Crippen molar-refractivity contribution in [1.82, 2.24) is 9.97 Å². The van der Waals surface area contributed by atoms with Gasteiger partial charge in [0.2, 0.25) is 0 Å². The Hall–Kier alpha value is -0.850. The molecule has 1 aromatic rings. The van der Waals surface area contributed by atoms with Gasteiger partial charge in [-0.25, -0.2) is 9.97 Å². The number of nitrogens with two attached hydrogens (primary N) is 1. The van der Waals surface area contributed by atoms with Crippen LogP contribution in [0.1, 0.15) is 26.3 Å². The van der Waals surface area contributed by atoms with Crippen LogP contribution in [0.4, 0.5) is 5.82 Å². The normalized spacial score (nSPS) is 11.4. The molecule has 18 heavy (non-hydrogen) atoms. The van der Waals surface area contributed by atoms with Gasteiger partial charge in [-0.1, -0.05) is 32.5 Å². The summed E-state index contributed by atoms with van der Waals surface area (Å²) in [5.41, 5.74) is 6.25. The van der Waals surface area contributed by atoms with E-state index in [0.29, 0.717) is 29.0 Å². The molecule has 0 amide bonds. The van der Waals surface area contributed by atoms with Gasteiger partial charge in [0, 0.05) is 18.3 Å². The fourth-order valence-corrected chi connectivity index (χ4v) is 1.45. The number of thioether (sulfide) groups is 1. The number of nitrogens with zero attached hydrogens (tertiary/aromatic N) is 2. The average Bonchev–Trinajstić information content (AvgIpc) is 2.46. The molecule has 0 aliphatic rings. The first-order valence-corrected chi connectivity index (χ1v) is 7.38. The van der Waals surface area contributed by atoms with Gasteiger partial charge in [0.25, 0.3) is 0 Å². The van der Waals surface area contributed by atoms with Crippen molar-refractivity contribution in [2.45, 2.75) is 32.5 Å². The maximum atomic E-state index is 9.15. The SMILES string of the molecule is CC.CSc1ncc(CO)c(NCC(C)CN)n1. The van der Waals surface area contributed by atoms with E-state index in [4.69, 9.17) is 10.8 Å². The van der Waals surface area contributed by atoms with Gasteiger partial charge in [-0.05, 0) is 18.7 Å². The highest BCUT2D eigenvalue weighted by Gasteiger charge is 2.07. The van der Waals surface area contributed by atoms with E-state index in [1.807, 2.05) is 20.1 Å². The van der Waals surface area contributed by atoms with Crippen LogP contribution in [0.3, 0.4) is 0 Å². The minimum Gasteiger partial charge on any atom is -0.391 e. The quantitative estimate of drug-likeness (QED) is 0.540. The molecule has 1 unspecified atom stereocenters. The van der Waals surface area contributed by atoms with E-state index in [9.17, 15) is 0 Å². The van der Waals surface area contributed by atoms with Crippen LogP contribution in [0.2, 0.25) is 0 Å². The van der Waals surface area contributed by atoms with Gasteiger partial charge in [0.05, 0.1) is 6.61 Å². The Morgan fingerprint density at radius 2 is 2.17 bits per heavy atom. The summed E-state index contributed by atoms with van der Waals surface area (Å²) in [5.74, 6) is 1.07. The number of nitrogens with one attached hydrogen (secondary N) is 1. The molecule has 1 rings (SSSR count). The molecule has 5 nitrogen and oxygen atoms in total. The van der Waals surface area contributed by atoms with Crippen LogP contribution >= 0.6 is 11.8 Å². The lowest BCUT2D eigenvalue weighted by Crippen LogP contribution is -2.21. The second-order valence-corrected chi connectivity index (χ2v) is 4.38. The number of hydrogen-bond acceptors (Lipinski definition) is 6. The van der Waals surface area contributed by atoms with Crippen LogP contribution in [-0.2, 0) is 6.61 Å². The molecule has 0 saturated heterocycles. The lowest BCUT2D eigenvalue weighted by Gasteiger charge is -2.13. The monoisotopic (exact) mass is 272 g/mol. The van der Waals surface area contributed by atoms with E-state index in [1.165, 1.54) is 11.8 Å². The van der Waals surface area contributed by atoms with Gasteiger partial charge in [-0.15, -0.1) is 0 Å².